The van der Waals surface area contributed by atoms with Gasteiger partial charge in [0.1, 0.15) is 6.04 Å². The average Bonchev–Trinajstić information content (AvgIpc) is 3.31. The van der Waals surface area contributed by atoms with E-state index in [0.717, 1.165) is 22.5 Å². The fraction of sp³-hybridized carbons (Fsp3) is 0.258. The number of imidazole rings is 1. The Labute approximate surface area is 243 Å². The fourth-order valence-corrected chi connectivity index (χ4v) is 5.69. The predicted octanol–water partition coefficient (Wildman–Crippen LogP) is 5.78. The van der Waals surface area contributed by atoms with E-state index in [9.17, 15) is 14.7 Å². The maximum atomic E-state index is 14.2. The number of carboxylic acids is 1. The number of anilines is 1. The molecule has 1 aromatic heterocycles. The highest BCUT2D eigenvalue weighted by Gasteiger charge is 2.40. The SMILES string of the molecule is Cc1cc(Cn2cnc3c2C[C@@H](C(=O)O)N(C(=O)C(c2ccc(Cl)cc2)c2ccc(Cl)cc2)C3)ccc1N(C)C. The van der Waals surface area contributed by atoms with Gasteiger partial charge in [0.2, 0.25) is 5.91 Å². The van der Waals surface area contributed by atoms with Crippen LogP contribution in [0.15, 0.2) is 73.1 Å². The number of benzene rings is 3. The highest BCUT2D eigenvalue weighted by atomic mass is 35.5. The first-order valence-electron chi connectivity index (χ1n) is 13.0. The molecule has 0 unspecified atom stereocenters. The molecule has 0 bridgehead atoms. The number of fused-ring (bicyclic) bond motifs is 1. The monoisotopic (exact) mass is 576 g/mol. The molecule has 9 heteroatoms. The van der Waals surface area contributed by atoms with E-state index in [1.165, 1.54) is 4.90 Å². The topological polar surface area (TPSA) is 78.7 Å². The van der Waals surface area contributed by atoms with Crippen molar-refractivity contribution in [3.8, 4) is 0 Å². The van der Waals surface area contributed by atoms with Crippen LogP contribution in [0.2, 0.25) is 10.0 Å². The van der Waals surface area contributed by atoms with Crippen molar-refractivity contribution in [3.05, 3.63) is 117 Å². The maximum Gasteiger partial charge on any atom is 0.326 e. The lowest BCUT2D eigenvalue weighted by Gasteiger charge is -2.35. The number of hydrogen-bond acceptors (Lipinski definition) is 4. The van der Waals surface area contributed by atoms with E-state index < -0.39 is 17.9 Å². The van der Waals surface area contributed by atoms with Crippen LogP contribution in [0.4, 0.5) is 5.69 Å². The van der Waals surface area contributed by atoms with E-state index in [0.29, 0.717) is 33.4 Å². The summed E-state index contributed by atoms with van der Waals surface area (Å²) in [6.45, 7) is 2.74. The molecular formula is C31H30Cl2N4O3. The molecule has 1 N–H and O–H groups in total. The minimum atomic E-state index is -1.05. The van der Waals surface area contributed by atoms with E-state index in [2.05, 4.69) is 35.0 Å². The predicted molar refractivity (Wildman–Crippen MR) is 157 cm³/mol. The standard InChI is InChI=1S/C31H30Cl2N4O3/c1-19-14-20(4-13-26(19)35(2)3)16-36-18-34-25-17-37(28(31(39)40)15-27(25)36)30(38)29(21-5-9-23(32)10-6-21)22-7-11-24(33)12-8-22/h4-14,18,28-29H,15-17H2,1-3H3,(H,39,40)/t28-/m0/s1. The summed E-state index contributed by atoms with van der Waals surface area (Å²) in [5.74, 6) is -2.09. The Morgan fingerprint density at radius 2 is 1.60 bits per heavy atom. The Hall–Kier alpha value is -3.81. The lowest BCUT2D eigenvalue weighted by molar-refractivity contribution is -0.151. The lowest BCUT2D eigenvalue weighted by Crippen LogP contribution is -2.50. The highest BCUT2D eigenvalue weighted by Crippen LogP contribution is 2.33. The maximum absolute atomic E-state index is 14.2. The summed E-state index contributed by atoms with van der Waals surface area (Å²) in [5.41, 5.74) is 6.37. The van der Waals surface area contributed by atoms with Crippen molar-refractivity contribution in [2.75, 3.05) is 19.0 Å². The minimum absolute atomic E-state index is 0.106. The summed E-state index contributed by atoms with van der Waals surface area (Å²) in [6, 6.07) is 19.3. The van der Waals surface area contributed by atoms with Crippen molar-refractivity contribution in [1.82, 2.24) is 14.5 Å². The van der Waals surface area contributed by atoms with Gasteiger partial charge in [-0.25, -0.2) is 9.78 Å². The van der Waals surface area contributed by atoms with Crippen LogP contribution in [0.5, 0.6) is 0 Å². The number of amides is 1. The number of nitrogens with zero attached hydrogens (tertiary/aromatic N) is 4. The molecule has 2 heterocycles. The molecule has 0 saturated carbocycles. The summed E-state index contributed by atoms with van der Waals surface area (Å²) >= 11 is 12.2. The smallest absolute Gasteiger partial charge is 0.326 e. The van der Waals surface area contributed by atoms with Gasteiger partial charge in [-0.05, 0) is 59.5 Å². The quantitative estimate of drug-likeness (QED) is 0.301. The Balaban J connectivity index is 1.47. The third-order valence-electron chi connectivity index (χ3n) is 7.43. The van der Waals surface area contributed by atoms with Crippen LogP contribution in [0, 0.1) is 6.92 Å². The van der Waals surface area contributed by atoms with Gasteiger partial charge in [0.15, 0.2) is 0 Å². The molecule has 40 heavy (non-hydrogen) atoms. The molecule has 7 nitrogen and oxygen atoms in total. The van der Waals surface area contributed by atoms with Gasteiger partial charge in [-0.1, -0.05) is 59.6 Å². The Kier molecular flexibility index (Phi) is 7.88. The van der Waals surface area contributed by atoms with Crippen LogP contribution in [0.3, 0.4) is 0 Å². The van der Waals surface area contributed by atoms with Crippen LogP contribution in [-0.4, -0.2) is 51.6 Å². The number of carbonyl (C=O) groups excluding carboxylic acids is 1. The zero-order valence-corrected chi connectivity index (χ0v) is 24.0. The molecule has 206 valence electrons. The van der Waals surface area contributed by atoms with Gasteiger partial charge in [0.25, 0.3) is 0 Å². The number of carbonyl (C=O) groups is 2. The van der Waals surface area contributed by atoms with Crippen LogP contribution in [0.1, 0.15) is 39.6 Å². The number of aromatic nitrogens is 2. The average molecular weight is 578 g/mol. The van der Waals surface area contributed by atoms with Crippen molar-refractivity contribution in [3.63, 3.8) is 0 Å². The van der Waals surface area contributed by atoms with Crippen molar-refractivity contribution < 1.29 is 14.7 Å². The van der Waals surface area contributed by atoms with Crippen molar-refractivity contribution in [2.45, 2.75) is 38.4 Å². The van der Waals surface area contributed by atoms with Crippen LogP contribution >= 0.6 is 23.2 Å². The van der Waals surface area contributed by atoms with Crippen LogP contribution < -0.4 is 4.90 Å². The summed E-state index contributed by atoms with van der Waals surface area (Å²) in [7, 11) is 4.02. The first-order valence-corrected chi connectivity index (χ1v) is 13.7. The molecule has 0 spiro atoms. The molecule has 0 radical (unpaired) electrons. The van der Waals surface area contributed by atoms with Crippen molar-refractivity contribution in [2.24, 2.45) is 0 Å². The zero-order chi connectivity index (χ0) is 28.6. The zero-order valence-electron chi connectivity index (χ0n) is 22.5. The van der Waals surface area contributed by atoms with E-state index in [4.69, 9.17) is 23.2 Å². The number of aliphatic carboxylic acids is 1. The second kappa shape index (κ2) is 11.4. The summed E-state index contributed by atoms with van der Waals surface area (Å²) in [6.07, 6.45) is 1.90. The van der Waals surface area contributed by atoms with Gasteiger partial charge in [-0.3, -0.25) is 4.79 Å². The van der Waals surface area contributed by atoms with E-state index >= 15 is 0 Å². The van der Waals surface area contributed by atoms with Gasteiger partial charge < -0.3 is 19.5 Å². The normalized spacial score (nSPS) is 14.8. The minimum Gasteiger partial charge on any atom is -0.480 e. The lowest BCUT2D eigenvalue weighted by atomic mass is 9.88. The van der Waals surface area contributed by atoms with Gasteiger partial charge in [-0.15, -0.1) is 0 Å². The van der Waals surface area contributed by atoms with E-state index in [1.54, 1.807) is 54.9 Å². The molecular weight excluding hydrogens is 547 g/mol. The van der Waals surface area contributed by atoms with Crippen molar-refractivity contribution in [1.29, 1.82) is 0 Å². The van der Waals surface area contributed by atoms with E-state index in [-0.39, 0.29) is 18.9 Å². The van der Waals surface area contributed by atoms with Gasteiger partial charge in [0, 0.05) is 48.5 Å². The first-order chi connectivity index (χ1) is 19.1. The second-order valence-electron chi connectivity index (χ2n) is 10.3. The Bertz CT molecular complexity index is 1500. The molecule has 1 amide bonds. The third-order valence-corrected chi connectivity index (χ3v) is 7.94. The fourth-order valence-electron chi connectivity index (χ4n) is 5.44. The number of halogens is 2. The molecule has 1 atom stereocenters. The largest absolute Gasteiger partial charge is 0.480 e. The molecule has 0 aliphatic carbocycles. The number of hydrogen-bond donors (Lipinski definition) is 1. The highest BCUT2D eigenvalue weighted by molar-refractivity contribution is 6.30. The van der Waals surface area contributed by atoms with Crippen LogP contribution in [-0.2, 0) is 29.1 Å². The van der Waals surface area contributed by atoms with Gasteiger partial charge in [0.05, 0.1) is 24.5 Å². The summed E-state index contributed by atoms with van der Waals surface area (Å²) in [5, 5.41) is 11.4. The van der Waals surface area contributed by atoms with Gasteiger partial charge >= 0.3 is 5.97 Å². The Morgan fingerprint density at radius 3 is 2.12 bits per heavy atom. The second-order valence-corrected chi connectivity index (χ2v) is 11.2. The van der Waals surface area contributed by atoms with Crippen molar-refractivity contribution >= 4 is 40.8 Å². The molecule has 4 aromatic rings. The molecule has 5 rings (SSSR count). The molecule has 0 fully saturated rings. The first kappa shape index (κ1) is 27.7. The molecule has 1 aliphatic heterocycles. The summed E-state index contributed by atoms with van der Waals surface area (Å²) < 4.78 is 1.99. The summed E-state index contributed by atoms with van der Waals surface area (Å²) in [4.78, 5) is 34.8. The molecule has 0 saturated heterocycles. The van der Waals surface area contributed by atoms with Crippen LogP contribution in [0.25, 0.3) is 0 Å². The number of aryl methyl sites for hydroxylation is 1. The number of rotatable bonds is 7. The number of carboxylic acid groups (broad SMARTS) is 1. The van der Waals surface area contributed by atoms with Gasteiger partial charge in [-0.2, -0.15) is 0 Å². The van der Waals surface area contributed by atoms with E-state index in [1.807, 2.05) is 18.7 Å². The third kappa shape index (κ3) is 5.58. The molecule has 1 aliphatic rings. The molecule has 3 aromatic carbocycles. The Morgan fingerprint density at radius 1 is 1.00 bits per heavy atom.